The molecule has 0 saturated heterocycles. The van der Waals surface area contributed by atoms with E-state index in [4.69, 9.17) is 4.74 Å². The van der Waals surface area contributed by atoms with E-state index in [0.717, 1.165) is 24.5 Å². The number of urea groups is 1. The fourth-order valence-electron chi connectivity index (χ4n) is 3.69. The van der Waals surface area contributed by atoms with Crippen molar-refractivity contribution in [1.29, 1.82) is 0 Å². The molecule has 0 bridgehead atoms. The van der Waals surface area contributed by atoms with Gasteiger partial charge in [-0.2, -0.15) is 0 Å². The number of amides is 3. The van der Waals surface area contributed by atoms with Gasteiger partial charge >= 0.3 is 6.03 Å². The Labute approximate surface area is 176 Å². The topological polar surface area (TPSA) is 95.3 Å². The van der Waals surface area contributed by atoms with Gasteiger partial charge in [-0.25, -0.2) is 4.79 Å². The lowest BCUT2D eigenvalue weighted by molar-refractivity contribution is -0.895. The first-order valence-electron chi connectivity index (χ1n) is 10.1. The molecule has 0 spiro atoms. The van der Waals surface area contributed by atoms with Crippen molar-refractivity contribution in [3.8, 4) is 5.75 Å². The first-order chi connectivity index (χ1) is 14.4. The van der Waals surface area contributed by atoms with Crippen LogP contribution in [0.5, 0.6) is 5.75 Å². The number of nitrogens with one attached hydrogen (secondary N) is 3. The monoisotopic (exact) mass is 413 g/mol. The fraction of sp³-hybridized carbons (Fsp3) is 0.364. The van der Waals surface area contributed by atoms with Crippen molar-refractivity contribution in [1.82, 2.24) is 5.32 Å². The van der Waals surface area contributed by atoms with Gasteiger partial charge in [-0.1, -0.05) is 24.3 Å². The van der Waals surface area contributed by atoms with E-state index >= 15 is 0 Å². The van der Waals surface area contributed by atoms with Crippen molar-refractivity contribution >= 4 is 23.3 Å². The zero-order valence-corrected chi connectivity index (χ0v) is 17.6. The normalized spacial score (nSPS) is 18.0. The molecule has 0 radical (unpaired) electrons. The Balaban J connectivity index is 2.00. The average molecular weight is 413 g/mol. The first kappa shape index (κ1) is 21.6. The summed E-state index contributed by atoms with van der Waals surface area (Å²) in [7, 11) is 1.51. The van der Waals surface area contributed by atoms with Gasteiger partial charge in [0.15, 0.2) is 0 Å². The molecule has 8 heteroatoms. The number of ether oxygens (including phenoxy) is 1. The van der Waals surface area contributed by atoms with Crippen LogP contribution in [0.4, 0.5) is 16.2 Å². The molecular formula is C22H29N4O4+. The molecule has 1 unspecified atom stereocenters. The molecule has 0 fully saturated rings. The number of benzene rings is 2. The third-order valence-corrected chi connectivity index (χ3v) is 5.46. The van der Waals surface area contributed by atoms with Crippen LogP contribution in [0.3, 0.4) is 0 Å². The van der Waals surface area contributed by atoms with Crippen LogP contribution in [-0.4, -0.2) is 50.3 Å². The highest BCUT2D eigenvalue weighted by atomic mass is 16.5. The molecule has 1 atom stereocenters. The number of para-hydroxylation sites is 1. The SMILES string of the molecule is CC[NH+](CC)CCNC(=O)C1(O)c2ccccc2NC(=O)N1c1cccc(OC)c1. The van der Waals surface area contributed by atoms with E-state index in [0.29, 0.717) is 29.2 Å². The molecule has 3 rings (SSSR count). The second-order valence-electron chi connectivity index (χ2n) is 7.15. The minimum atomic E-state index is -2.20. The number of hydrogen-bond acceptors (Lipinski definition) is 4. The van der Waals surface area contributed by atoms with Gasteiger partial charge in [-0.05, 0) is 32.0 Å². The van der Waals surface area contributed by atoms with Crippen LogP contribution >= 0.6 is 0 Å². The lowest BCUT2D eigenvalue weighted by Gasteiger charge is -2.42. The van der Waals surface area contributed by atoms with Gasteiger partial charge in [0.2, 0.25) is 0 Å². The Bertz CT molecular complexity index is 916. The van der Waals surface area contributed by atoms with Crippen LogP contribution in [0.2, 0.25) is 0 Å². The second kappa shape index (κ2) is 9.15. The number of quaternary nitrogens is 1. The Morgan fingerprint density at radius 2 is 1.93 bits per heavy atom. The molecule has 3 amide bonds. The Morgan fingerprint density at radius 1 is 1.20 bits per heavy atom. The number of aliphatic hydroxyl groups is 1. The Kier molecular flexibility index (Phi) is 6.59. The standard InChI is InChI=1S/C22H28N4O4/c1-4-25(5-2)14-13-23-20(27)22(29)18-11-6-7-12-19(18)24-21(28)26(22)16-9-8-10-17(15-16)30-3/h6-12,15,29H,4-5,13-14H2,1-3H3,(H,23,27)(H,24,28)/p+1. The number of carbonyl (C=O) groups excluding carboxylic acids is 2. The summed E-state index contributed by atoms with van der Waals surface area (Å²) in [5, 5.41) is 17.3. The van der Waals surface area contributed by atoms with E-state index in [-0.39, 0.29) is 0 Å². The van der Waals surface area contributed by atoms with Gasteiger partial charge < -0.3 is 25.4 Å². The summed E-state index contributed by atoms with van der Waals surface area (Å²) in [4.78, 5) is 28.7. The smallest absolute Gasteiger partial charge is 0.329 e. The molecule has 2 aromatic carbocycles. The third-order valence-electron chi connectivity index (χ3n) is 5.46. The maximum Gasteiger partial charge on any atom is 0.329 e. The molecule has 30 heavy (non-hydrogen) atoms. The highest BCUT2D eigenvalue weighted by Gasteiger charge is 2.52. The summed E-state index contributed by atoms with van der Waals surface area (Å²) >= 11 is 0. The van der Waals surface area contributed by atoms with Crippen molar-refractivity contribution in [3.05, 3.63) is 54.1 Å². The number of likely N-dealkylation sites (N-methyl/N-ethyl adjacent to an activating group) is 1. The number of fused-ring (bicyclic) bond motifs is 1. The third kappa shape index (κ3) is 3.96. The van der Waals surface area contributed by atoms with Crippen molar-refractivity contribution in [2.24, 2.45) is 0 Å². The van der Waals surface area contributed by atoms with Gasteiger partial charge in [0.25, 0.3) is 11.6 Å². The summed E-state index contributed by atoms with van der Waals surface area (Å²) in [6.45, 7) is 7.16. The second-order valence-corrected chi connectivity index (χ2v) is 7.15. The summed E-state index contributed by atoms with van der Waals surface area (Å²) in [5.41, 5.74) is -1.16. The van der Waals surface area contributed by atoms with E-state index in [9.17, 15) is 14.7 Å². The van der Waals surface area contributed by atoms with Crippen LogP contribution in [0.25, 0.3) is 0 Å². The Hall–Kier alpha value is -3.10. The van der Waals surface area contributed by atoms with E-state index in [1.54, 1.807) is 48.5 Å². The van der Waals surface area contributed by atoms with Crippen molar-refractivity contribution in [2.75, 3.05) is 43.5 Å². The lowest BCUT2D eigenvalue weighted by Crippen LogP contribution is -3.12. The quantitative estimate of drug-likeness (QED) is 0.518. The molecule has 0 saturated carbocycles. The van der Waals surface area contributed by atoms with E-state index in [1.165, 1.54) is 12.0 Å². The van der Waals surface area contributed by atoms with E-state index in [1.807, 2.05) is 0 Å². The maximum absolute atomic E-state index is 13.3. The number of anilines is 2. The zero-order valence-electron chi connectivity index (χ0n) is 17.6. The maximum atomic E-state index is 13.3. The van der Waals surface area contributed by atoms with Gasteiger partial charge in [0.1, 0.15) is 5.75 Å². The van der Waals surface area contributed by atoms with Crippen LogP contribution < -0.4 is 25.2 Å². The summed E-state index contributed by atoms with van der Waals surface area (Å²) in [6.07, 6.45) is 0. The number of hydrogen-bond donors (Lipinski definition) is 4. The molecule has 1 aliphatic rings. The molecule has 8 nitrogen and oxygen atoms in total. The summed E-state index contributed by atoms with van der Waals surface area (Å²) in [5.74, 6) is -0.147. The highest BCUT2D eigenvalue weighted by molar-refractivity contribution is 6.11. The molecule has 1 heterocycles. The van der Waals surface area contributed by atoms with Crippen LogP contribution in [0.1, 0.15) is 19.4 Å². The zero-order chi connectivity index (χ0) is 21.7. The summed E-state index contributed by atoms with van der Waals surface area (Å²) < 4.78 is 5.25. The predicted molar refractivity (Wildman–Crippen MR) is 115 cm³/mol. The number of nitrogens with zero attached hydrogens (tertiary/aromatic N) is 1. The largest absolute Gasteiger partial charge is 0.497 e. The van der Waals surface area contributed by atoms with Gasteiger partial charge in [0, 0.05) is 11.6 Å². The molecule has 2 aromatic rings. The number of methoxy groups -OCH3 is 1. The van der Waals surface area contributed by atoms with Gasteiger partial charge in [-0.3, -0.25) is 9.69 Å². The highest BCUT2D eigenvalue weighted by Crippen LogP contribution is 2.40. The van der Waals surface area contributed by atoms with Crippen molar-refractivity contribution in [2.45, 2.75) is 19.6 Å². The van der Waals surface area contributed by atoms with Crippen LogP contribution in [-0.2, 0) is 10.5 Å². The minimum Gasteiger partial charge on any atom is -0.497 e. The minimum absolute atomic E-state index is 0.306. The molecular weight excluding hydrogens is 384 g/mol. The molecule has 0 aliphatic carbocycles. The van der Waals surface area contributed by atoms with Gasteiger partial charge in [0.05, 0.1) is 44.7 Å². The van der Waals surface area contributed by atoms with Crippen molar-refractivity contribution in [3.63, 3.8) is 0 Å². The number of rotatable bonds is 8. The van der Waals surface area contributed by atoms with Gasteiger partial charge in [-0.15, -0.1) is 0 Å². The molecule has 4 N–H and O–H groups in total. The Morgan fingerprint density at radius 3 is 2.63 bits per heavy atom. The molecule has 0 aromatic heterocycles. The van der Waals surface area contributed by atoms with Crippen molar-refractivity contribution < 1.29 is 24.3 Å². The summed E-state index contributed by atoms with van der Waals surface area (Å²) in [6, 6.07) is 12.8. The number of carbonyl (C=O) groups is 2. The van der Waals surface area contributed by atoms with Crippen LogP contribution in [0, 0.1) is 0 Å². The van der Waals surface area contributed by atoms with E-state index < -0.39 is 17.7 Å². The van der Waals surface area contributed by atoms with E-state index in [2.05, 4.69) is 24.5 Å². The lowest BCUT2D eigenvalue weighted by atomic mass is 9.94. The molecule has 1 aliphatic heterocycles. The molecule has 160 valence electrons. The average Bonchev–Trinajstić information content (AvgIpc) is 2.76. The first-order valence-corrected chi connectivity index (χ1v) is 10.1. The fourth-order valence-corrected chi connectivity index (χ4v) is 3.69. The van der Waals surface area contributed by atoms with Crippen LogP contribution in [0.15, 0.2) is 48.5 Å². The predicted octanol–water partition coefficient (Wildman–Crippen LogP) is 0.933.